The molecule has 0 aliphatic heterocycles. The van der Waals surface area contributed by atoms with Gasteiger partial charge < -0.3 is 9.73 Å². The number of nitrogens with one attached hydrogen (secondary N) is 1. The van der Waals surface area contributed by atoms with Gasteiger partial charge >= 0.3 is 0 Å². The first-order valence-corrected chi connectivity index (χ1v) is 7.68. The summed E-state index contributed by atoms with van der Waals surface area (Å²) in [6, 6.07) is 12.5. The van der Waals surface area contributed by atoms with Crippen LogP contribution in [0, 0.1) is 0 Å². The number of likely N-dealkylation sites (N-methyl/N-ethyl adjacent to an activating group) is 1. The molecule has 0 radical (unpaired) electrons. The fourth-order valence-electron chi connectivity index (χ4n) is 2.49. The molecule has 2 unspecified atom stereocenters. The van der Waals surface area contributed by atoms with E-state index in [2.05, 4.69) is 37.3 Å². The van der Waals surface area contributed by atoms with Crippen LogP contribution in [0.25, 0.3) is 0 Å². The van der Waals surface area contributed by atoms with E-state index < -0.39 is 0 Å². The number of nitrogens with zero attached hydrogens (tertiary/aromatic N) is 1. The SMILES string of the molecule is CCC(NCC(c1ccco1)N(C)C)c1cccc(Cl)c1. The zero-order chi connectivity index (χ0) is 15.2. The topological polar surface area (TPSA) is 28.4 Å². The van der Waals surface area contributed by atoms with Crippen LogP contribution in [0.3, 0.4) is 0 Å². The molecule has 0 saturated carbocycles. The molecule has 0 spiro atoms. The van der Waals surface area contributed by atoms with Gasteiger partial charge in [-0.25, -0.2) is 0 Å². The van der Waals surface area contributed by atoms with E-state index in [1.165, 1.54) is 5.56 Å². The second-order valence-corrected chi connectivity index (χ2v) is 5.86. The van der Waals surface area contributed by atoms with Gasteiger partial charge in [0.2, 0.25) is 0 Å². The van der Waals surface area contributed by atoms with Gasteiger partial charge in [0.1, 0.15) is 5.76 Å². The lowest BCUT2D eigenvalue weighted by Gasteiger charge is -2.26. The molecule has 3 nitrogen and oxygen atoms in total. The Morgan fingerprint density at radius 3 is 2.62 bits per heavy atom. The molecule has 2 rings (SSSR count). The minimum atomic E-state index is 0.216. The van der Waals surface area contributed by atoms with E-state index >= 15 is 0 Å². The molecule has 4 heteroatoms. The van der Waals surface area contributed by atoms with Crippen LogP contribution in [0.15, 0.2) is 47.1 Å². The third-order valence-corrected chi connectivity index (χ3v) is 3.95. The first-order chi connectivity index (χ1) is 10.1. The Hall–Kier alpha value is -1.29. The molecular weight excluding hydrogens is 284 g/mol. The maximum absolute atomic E-state index is 6.09. The van der Waals surface area contributed by atoms with Crippen molar-refractivity contribution in [3.63, 3.8) is 0 Å². The van der Waals surface area contributed by atoms with Crippen LogP contribution in [0.4, 0.5) is 0 Å². The van der Waals surface area contributed by atoms with Gasteiger partial charge in [-0.15, -0.1) is 0 Å². The lowest BCUT2D eigenvalue weighted by molar-refractivity contribution is 0.243. The van der Waals surface area contributed by atoms with Gasteiger partial charge in [0.15, 0.2) is 0 Å². The third kappa shape index (κ3) is 4.34. The van der Waals surface area contributed by atoms with Gasteiger partial charge in [0, 0.05) is 17.6 Å². The highest BCUT2D eigenvalue weighted by molar-refractivity contribution is 6.30. The van der Waals surface area contributed by atoms with Crippen molar-refractivity contribution in [1.82, 2.24) is 10.2 Å². The third-order valence-electron chi connectivity index (χ3n) is 3.71. The van der Waals surface area contributed by atoms with Crippen LogP contribution >= 0.6 is 11.6 Å². The van der Waals surface area contributed by atoms with E-state index in [9.17, 15) is 0 Å². The highest BCUT2D eigenvalue weighted by Gasteiger charge is 2.19. The number of furan rings is 1. The monoisotopic (exact) mass is 306 g/mol. The van der Waals surface area contributed by atoms with Crippen LogP contribution in [-0.2, 0) is 0 Å². The first kappa shape index (κ1) is 16.1. The summed E-state index contributed by atoms with van der Waals surface area (Å²) >= 11 is 6.09. The summed E-state index contributed by atoms with van der Waals surface area (Å²) in [5.74, 6) is 0.980. The largest absolute Gasteiger partial charge is 0.468 e. The Balaban J connectivity index is 2.05. The molecule has 0 fully saturated rings. The van der Waals surface area contributed by atoms with Gasteiger partial charge in [-0.1, -0.05) is 30.7 Å². The maximum atomic E-state index is 6.09. The van der Waals surface area contributed by atoms with Crippen LogP contribution in [0.2, 0.25) is 5.02 Å². The van der Waals surface area contributed by atoms with Crippen molar-refractivity contribution >= 4 is 11.6 Å². The summed E-state index contributed by atoms with van der Waals surface area (Å²) in [7, 11) is 4.13. The molecule has 0 amide bonds. The molecule has 2 aromatic rings. The highest BCUT2D eigenvalue weighted by Crippen LogP contribution is 2.23. The van der Waals surface area contributed by atoms with E-state index in [1.54, 1.807) is 6.26 Å². The standard InChI is InChI=1S/C17H23ClN2O/c1-4-15(13-7-5-8-14(18)11-13)19-12-16(20(2)3)17-9-6-10-21-17/h5-11,15-16,19H,4,12H2,1-3H3. The number of halogens is 1. The summed E-state index contributed by atoms with van der Waals surface area (Å²) in [5, 5.41) is 4.40. The molecule has 0 bridgehead atoms. The Labute approximate surface area is 131 Å². The second-order valence-electron chi connectivity index (χ2n) is 5.42. The van der Waals surface area contributed by atoms with Gasteiger partial charge in [0.05, 0.1) is 12.3 Å². The normalized spacial score (nSPS) is 14.3. The van der Waals surface area contributed by atoms with E-state index in [-0.39, 0.29) is 6.04 Å². The van der Waals surface area contributed by atoms with Gasteiger partial charge in [-0.2, -0.15) is 0 Å². The van der Waals surface area contributed by atoms with Gasteiger partial charge in [-0.05, 0) is 50.3 Å². The van der Waals surface area contributed by atoms with Crippen LogP contribution in [0.1, 0.15) is 36.8 Å². The second kappa shape index (κ2) is 7.64. The average molecular weight is 307 g/mol. The molecular formula is C17H23ClN2O. The number of benzene rings is 1. The predicted molar refractivity (Wildman–Crippen MR) is 87.6 cm³/mol. The van der Waals surface area contributed by atoms with Crippen LogP contribution in [0.5, 0.6) is 0 Å². The smallest absolute Gasteiger partial charge is 0.122 e. The van der Waals surface area contributed by atoms with Crippen molar-refractivity contribution in [1.29, 1.82) is 0 Å². The summed E-state index contributed by atoms with van der Waals surface area (Å²) in [6.07, 6.45) is 2.73. The molecule has 1 aromatic carbocycles. The molecule has 1 aromatic heterocycles. The average Bonchev–Trinajstić information content (AvgIpc) is 2.97. The molecule has 0 saturated heterocycles. The summed E-state index contributed by atoms with van der Waals surface area (Å²) in [4.78, 5) is 2.16. The summed E-state index contributed by atoms with van der Waals surface area (Å²) < 4.78 is 5.54. The maximum Gasteiger partial charge on any atom is 0.122 e. The molecule has 21 heavy (non-hydrogen) atoms. The summed E-state index contributed by atoms with van der Waals surface area (Å²) in [5.41, 5.74) is 1.22. The van der Waals surface area contributed by atoms with Crippen molar-refractivity contribution in [2.24, 2.45) is 0 Å². The quantitative estimate of drug-likeness (QED) is 0.828. The lowest BCUT2D eigenvalue weighted by atomic mass is 10.0. The zero-order valence-electron chi connectivity index (χ0n) is 12.8. The predicted octanol–water partition coefficient (Wildman–Crippen LogP) is 4.28. The van der Waals surface area contributed by atoms with Gasteiger partial charge in [0.25, 0.3) is 0 Å². The summed E-state index contributed by atoms with van der Waals surface area (Å²) in [6.45, 7) is 3.00. The Morgan fingerprint density at radius 2 is 2.05 bits per heavy atom. The van der Waals surface area contributed by atoms with Crippen molar-refractivity contribution in [3.05, 3.63) is 59.0 Å². The first-order valence-electron chi connectivity index (χ1n) is 7.30. The van der Waals surface area contributed by atoms with E-state index in [1.807, 2.05) is 30.3 Å². The number of hydrogen-bond donors (Lipinski definition) is 1. The fraction of sp³-hybridized carbons (Fsp3) is 0.412. The minimum Gasteiger partial charge on any atom is -0.468 e. The molecule has 1 N–H and O–H groups in total. The van der Waals surface area contributed by atoms with Crippen molar-refractivity contribution < 1.29 is 4.42 Å². The van der Waals surface area contributed by atoms with Gasteiger partial charge in [-0.3, -0.25) is 4.90 Å². The van der Waals surface area contributed by atoms with Crippen LogP contribution < -0.4 is 5.32 Å². The zero-order valence-corrected chi connectivity index (χ0v) is 13.6. The number of hydrogen-bond acceptors (Lipinski definition) is 3. The van der Waals surface area contributed by atoms with Crippen molar-refractivity contribution in [2.75, 3.05) is 20.6 Å². The molecule has 1 heterocycles. The Bertz CT molecular complexity index is 539. The lowest BCUT2D eigenvalue weighted by Crippen LogP contribution is -2.33. The molecule has 0 aliphatic rings. The Kier molecular flexibility index (Phi) is 5.85. The van der Waals surface area contributed by atoms with Crippen LogP contribution in [-0.4, -0.2) is 25.5 Å². The van der Waals surface area contributed by atoms with E-state index in [0.717, 1.165) is 23.7 Å². The van der Waals surface area contributed by atoms with Crippen molar-refractivity contribution in [3.8, 4) is 0 Å². The Morgan fingerprint density at radius 1 is 1.24 bits per heavy atom. The minimum absolute atomic E-state index is 0.216. The molecule has 2 atom stereocenters. The van der Waals surface area contributed by atoms with E-state index in [0.29, 0.717) is 6.04 Å². The highest BCUT2D eigenvalue weighted by atomic mass is 35.5. The molecule has 0 aliphatic carbocycles. The van der Waals surface area contributed by atoms with E-state index in [4.69, 9.17) is 16.0 Å². The number of rotatable bonds is 7. The molecule has 114 valence electrons. The fourth-order valence-corrected chi connectivity index (χ4v) is 2.69. The van der Waals surface area contributed by atoms with Crippen molar-refractivity contribution in [2.45, 2.75) is 25.4 Å².